The van der Waals surface area contributed by atoms with Gasteiger partial charge in [-0.25, -0.2) is 0 Å². The first-order chi connectivity index (χ1) is 10.0. The van der Waals surface area contributed by atoms with Crippen molar-refractivity contribution in [2.75, 3.05) is 12.3 Å². The second-order valence-electron chi connectivity index (χ2n) is 5.11. The number of aromatic hydroxyl groups is 1. The number of unbranched alkanes of at least 4 members (excludes halogenated alkanes) is 1. The van der Waals surface area contributed by atoms with Crippen LogP contribution in [0.2, 0.25) is 0 Å². The van der Waals surface area contributed by atoms with Gasteiger partial charge in [0.25, 0.3) is 0 Å². The molecule has 0 bridgehead atoms. The number of carbonyl (C=O) groups excluding carboxylic acids is 1. The Morgan fingerprint density at radius 2 is 2.14 bits per heavy atom. The summed E-state index contributed by atoms with van der Waals surface area (Å²) in [5.41, 5.74) is 5.63. The fraction of sp³-hybridized carbons (Fsp3) is 0.562. The zero-order valence-electron chi connectivity index (χ0n) is 13.1. The van der Waals surface area contributed by atoms with Gasteiger partial charge >= 0.3 is 5.97 Å². The Labute approximate surface area is 131 Å². The third-order valence-electron chi connectivity index (χ3n) is 3.05. The van der Waals surface area contributed by atoms with Crippen LogP contribution in [-0.4, -0.2) is 23.4 Å². The van der Waals surface area contributed by atoms with Gasteiger partial charge in [0.05, 0.1) is 6.42 Å². The number of phenols is 1. The van der Waals surface area contributed by atoms with E-state index in [1.165, 1.54) is 0 Å². The molecule has 0 radical (unpaired) electrons. The molecule has 0 aliphatic heterocycles. The Hall–Kier alpha value is -1.20. The first kappa shape index (κ1) is 17.9. The zero-order valence-corrected chi connectivity index (χ0v) is 13.9. The van der Waals surface area contributed by atoms with E-state index in [2.05, 4.69) is 12.4 Å². The molecule has 0 atom stereocenters. The minimum Gasteiger partial charge on any atom is -0.507 e. The number of aryl methyl sites for hydroxylation is 2. The molecule has 118 valence electrons. The minimum absolute atomic E-state index is 0.233. The van der Waals surface area contributed by atoms with Crippen molar-refractivity contribution in [2.24, 2.45) is 0 Å². The summed E-state index contributed by atoms with van der Waals surface area (Å²) in [6.07, 6.45) is 2.43. The molecule has 5 heteroatoms. The number of thioether (sulfide) groups is 1. The van der Waals surface area contributed by atoms with Crippen molar-refractivity contribution >= 4 is 17.7 Å². The van der Waals surface area contributed by atoms with Gasteiger partial charge in [0.2, 0.25) is 0 Å². The maximum absolute atomic E-state index is 11.4. The molecule has 0 spiro atoms. The van der Waals surface area contributed by atoms with Crippen molar-refractivity contribution in [3.05, 3.63) is 28.8 Å². The molecule has 0 unspecified atom stereocenters. The number of hydroxylamine groups is 1. The molecule has 1 rings (SSSR count). The van der Waals surface area contributed by atoms with Crippen LogP contribution in [0.15, 0.2) is 12.1 Å². The van der Waals surface area contributed by atoms with E-state index in [0.29, 0.717) is 30.2 Å². The monoisotopic (exact) mass is 311 g/mol. The summed E-state index contributed by atoms with van der Waals surface area (Å²) in [6.45, 7) is 6.70. The van der Waals surface area contributed by atoms with Gasteiger partial charge in [-0.2, -0.15) is 17.2 Å². The lowest BCUT2D eigenvalue weighted by Gasteiger charge is -2.09. The van der Waals surface area contributed by atoms with Crippen molar-refractivity contribution in [3.63, 3.8) is 0 Å². The van der Waals surface area contributed by atoms with E-state index in [9.17, 15) is 9.90 Å². The highest BCUT2D eigenvalue weighted by atomic mass is 32.2. The molecule has 4 nitrogen and oxygen atoms in total. The van der Waals surface area contributed by atoms with Gasteiger partial charge < -0.3 is 9.94 Å². The summed E-state index contributed by atoms with van der Waals surface area (Å²) in [6, 6.07) is 3.95. The number of hydrogen-bond donors (Lipinski definition) is 2. The minimum atomic E-state index is -0.233. The van der Waals surface area contributed by atoms with Crippen LogP contribution < -0.4 is 5.48 Å². The van der Waals surface area contributed by atoms with Gasteiger partial charge in [-0.15, -0.1) is 0 Å². The Kier molecular flexibility index (Phi) is 8.23. The third-order valence-corrected chi connectivity index (χ3v) is 4.06. The van der Waals surface area contributed by atoms with Gasteiger partial charge in [0, 0.05) is 23.6 Å². The van der Waals surface area contributed by atoms with Gasteiger partial charge in [-0.1, -0.05) is 31.0 Å². The molecule has 0 saturated carbocycles. The number of phenolic OH excluding ortho intramolecular Hbond substituents is 1. The molecule has 1 aromatic rings. The fourth-order valence-corrected chi connectivity index (χ4v) is 2.82. The highest BCUT2D eigenvalue weighted by Crippen LogP contribution is 2.27. The Bertz CT molecular complexity index is 463. The van der Waals surface area contributed by atoms with Gasteiger partial charge in [-0.05, 0) is 25.8 Å². The predicted molar refractivity (Wildman–Crippen MR) is 87.4 cm³/mol. The molecule has 0 aliphatic carbocycles. The largest absolute Gasteiger partial charge is 0.507 e. The summed E-state index contributed by atoms with van der Waals surface area (Å²) in [5, 5.41) is 9.98. The van der Waals surface area contributed by atoms with E-state index in [4.69, 9.17) is 4.84 Å². The average molecular weight is 311 g/mol. The van der Waals surface area contributed by atoms with Crippen LogP contribution in [0.1, 0.15) is 42.9 Å². The molecule has 21 heavy (non-hydrogen) atoms. The average Bonchev–Trinajstić information content (AvgIpc) is 2.44. The first-order valence-corrected chi connectivity index (χ1v) is 8.49. The predicted octanol–water partition coefficient (Wildman–Crippen LogP) is 3.48. The van der Waals surface area contributed by atoms with Crippen LogP contribution in [-0.2, 0) is 15.4 Å². The molecule has 0 saturated heterocycles. The van der Waals surface area contributed by atoms with Crippen LogP contribution in [0.3, 0.4) is 0 Å². The van der Waals surface area contributed by atoms with E-state index < -0.39 is 0 Å². The number of hydrogen-bond acceptors (Lipinski definition) is 5. The van der Waals surface area contributed by atoms with Crippen molar-refractivity contribution in [2.45, 2.75) is 45.8 Å². The zero-order chi connectivity index (χ0) is 15.7. The first-order valence-electron chi connectivity index (χ1n) is 7.34. The maximum Gasteiger partial charge on any atom is 0.325 e. The SMILES string of the molecule is CCCCNOC(=O)CCSCc1cc(C)cc(C)c1O. The Balaban J connectivity index is 2.24. The summed E-state index contributed by atoms with van der Waals surface area (Å²) in [7, 11) is 0. The molecule has 0 heterocycles. The molecule has 0 aliphatic rings. The summed E-state index contributed by atoms with van der Waals surface area (Å²) in [5.74, 6) is 1.51. The van der Waals surface area contributed by atoms with E-state index in [0.717, 1.165) is 29.5 Å². The van der Waals surface area contributed by atoms with E-state index >= 15 is 0 Å². The van der Waals surface area contributed by atoms with Gasteiger partial charge in [0.15, 0.2) is 0 Å². The molecule has 1 aromatic carbocycles. The van der Waals surface area contributed by atoms with E-state index in [-0.39, 0.29) is 5.97 Å². The summed E-state index contributed by atoms with van der Waals surface area (Å²) >= 11 is 1.62. The lowest BCUT2D eigenvalue weighted by Crippen LogP contribution is -2.21. The van der Waals surface area contributed by atoms with Crippen LogP contribution in [0.4, 0.5) is 0 Å². The Morgan fingerprint density at radius 3 is 2.86 bits per heavy atom. The molecular formula is C16H25NO3S. The van der Waals surface area contributed by atoms with E-state index in [1.54, 1.807) is 11.8 Å². The highest BCUT2D eigenvalue weighted by molar-refractivity contribution is 7.98. The normalized spacial score (nSPS) is 10.6. The number of nitrogens with one attached hydrogen (secondary N) is 1. The fourth-order valence-electron chi connectivity index (χ4n) is 1.93. The number of carbonyl (C=O) groups is 1. The second kappa shape index (κ2) is 9.68. The van der Waals surface area contributed by atoms with Gasteiger partial charge in [0.1, 0.15) is 5.75 Å². The standard InChI is InChI=1S/C16H25NO3S/c1-4-5-7-17-20-15(18)6-8-21-11-14-10-12(2)9-13(3)16(14)19/h9-10,17,19H,4-8,11H2,1-3H3. The molecule has 0 amide bonds. The topological polar surface area (TPSA) is 58.6 Å². The highest BCUT2D eigenvalue weighted by Gasteiger charge is 2.07. The number of rotatable bonds is 9. The molecular weight excluding hydrogens is 286 g/mol. The van der Waals surface area contributed by atoms with E-state index in [1.807, 2.05) is 26.0 Å². The second-order valence-corrected chi connectivity index (χ2v) is 6.22. The van der Waals surface area contributed by atoms with Crippen molar-refractivity contribution < 1.29 is 14.7 Å². The van der Waals surface area contributed by atoms with Crippen molar-refractivity contribution in [1.29, 1.82) is 0 Å². The van der Waals surface area contributed by atoms with Crippen LogP contribution in [0.5, 0.6) is 5.75 Å². The molecule has 2 N–H and O–H groups in total. The quantitative estimate of drug-likeness (QED) is 0.540. The van der Waals surface area contributed by atoms with Crippen molar-refractivity contribution in [3.8, 4) is 5.75 Å². The summed E-state index contributed by atoms with van der Waals surface area (Å²) < 4.78 is 0. The Morgan fingerprint density at radius 1 is 1.38 bits per heavy atom. The molecule has 0 aromatic heterocycles. The lowest BCUT2D eigenvalue weighted by molar-refractivity contribution is -0.150. The summed E-state index contributed by atoms with van der Waals surface area (Å²) in [4.78, 5) is 16.4. The van der Waals surface area contributed by atoms with Crippen LogP contribution in [0.25, 0.3) is 0 Å². The number of benzene rings is 1. The van der Waals surface area contributed by atoms with Crippen LogP contribution >= 0.6 is 11.8 Å². The third kappa shape index (κ3) is 6.87. The smallest absolute Gasteiger partial charge is 0.325 e. The molecule has 0 fully saturated rings. The lowest BCUT2D eigenvalue weighted by atomic mass is 10.1. The maximum atomic E-state index is 11.4. The van der Waals surface area contributed by atoms with Gasteiger partial charge in [-0.3, -0.25) is 4.79 Å². The van der Waals surface area contributed by atoms with Crippen molar-refractivity contribution in [1.82, 2.24) is 5.48 Å². The van der Waals surface area contributed by atoms with Crippen LogP contribution in [0, 0.1) is 13.8 Å².